The molecule has 0 radical (unpaired) electrons. The Morgan fingerprint density at radius 1 is 1.10 bits per heavy atom. The predicted molar refractivity (Wildman–Crippen MR) is 112 cm³/mol. The van der Waals surface area contributed by atoms with Gasteiger partial charge >= 0.3 is 11.9 Å². The Kier molecular flexibility index (Phi) is 5.52. The van der Waals surface area contributed by atoms with E-state index in [1.54, 1.807) is 0 Å². The van der Waals surface area contributed by atoms with Crippen molar-refractivity contribution >= 4 is 11.9 Å². The Morgan fingerprint density at radius 2 is 1.83 bits per heavy atom. The number of ether oxygens (including phenoxy) is 1. The van der Waals surface area contributed by atoms with Crippen LogP contribution < -0.4 is 10.1 Å². The molecule has 0 aromatic heterocycles. The molecule has 3 N–H and O–H groups in total. The van der Waals surface area contributed by atoms with Crippen LogP contribution in [0.4, 0.5) is 0 Å². The lowest BCUT2D eigenvalue weighted by atomic mass is 9.82. The van der Waals surface area contributed by atoms with Gasteiger partial charge in [-0.05, 0) is 42.9 Å². The van der Waals surface area contributed by atoms with Crippen LogP contribution >= 0.6 is 0 Å². The van der Waals surface area contributed by atoms with Gasteiger partial charge in [-0.15, -0.1) is 0 Å². The van der Waals surface area contributed by atoms with Crippen molar-refractivity contribution in [1.29, 1.82) is 0 Å². The lowest BCUT2D eigenvalue weighted by Crippen LogP contribution is -2.40. The van der Waals surface area contributed by atoms with Crippen LogP contribution in [0.25, 0.3) is 0 Å². The second-order valence-electron chi connectivity index (χ2n) is 8.74. The number of hydrogen-bond donors (Lipinski definition) is 3. The summed E-state index contributed by atoms with van der Waals surface area (Å²) >= 11 is 0. The molecule has 158 valence electrons. The molecular formula is C24H27NO5. The molecule has 2 aromatic carbocycles. The third-order valence-corrected chi connectivity index (χ3v) is 5.90. The number of carboxylic acids is 2. The van der Waals surface area contributed by atoms with Crippen LogP contribution in [0.5, 0.6) is 11.5 Å². The summed E-state index contributed by atoms with van der Waals surface area (Å²) < 4.78 is 6.17. The molecule has 1 aliphatic carbocycles. The van der Waals surface area contributed by atoms with Gasteiger partial charge < -0.3 is 20.3 Å². The van der Waals surface area contributed by atoms with Crippen molar-refractivity contribution in [2.75, 3.05) is 0 Å². The SMILES string of the molecule is CC(C)Cc1ccc2c(c1)Oc1ccccc1C2CC(NC1CC1C(=O)O)C(=O)O. The fourth-order valence-electron chi connectivity index (χ4n) is 4.34. The lowest BCUT2D eigenvalue weighted by molar-refractivity contribution is -0.141. The zero-order valence-electron chi connectivity index (χ0n) is 17.2. The van der Waals surface area contributed by atoms with Crippen molar-refractivity contribution in [3.8, 4) is 11.5 Å². The summed E-state index contributed by atoms with van der Waals surface area (Å²) in [5, 5.41) is 22.0. The van der Waals surface area contributed by atoms with E-state index in [4.69, 9.17) is 9.84 Å². The molecule has 2 aliphatic rings. The van der Waals surface area contributed by atoms with Crippen LogP contribution in [0.2, 0.25) is 0 Å². The number of fused-ring (bicyclic) bond motifs is 2. The van der Waals surface area contributed by atoms with Crippen LogP contribution in [0.1, 0.15) is 49.3 Å². The Morgan fingerprint density at radius 3 is 2.50 bits per heavy atom. The predicted octanol–water partition coefficient (Wildman–Crippen LogP) is 4.03. The number of benzene rings is 2. The van der Waals surface area contributed by atoms with E-state index in [9.17, 15) is 14.7 Å². The van der Waals surface area contributed by atoms with E-state index in [0.717, 1.165) is 29.0 Å². The third kappa shape index (κ3) is 4.19. The number of carboxylic acid groups (broad SMARTS) is 2. The van der Waals surface area contributed by atoms with Crippen molar-refractivity contribution < 1.29 is 24.5 Å². The molecule has 30 heavy (non-hydrogen) atoms. The van der Waals surface area contributed by atoms with E-state index in [2.05, 4.69) is 31.3 Å². The molecule has 6 nitrogen and oxygen atoms in total. The summed E-state index contributed by atoms with van der Waals surface area (Å²) in [5.41, 5.74) is 3.12. The van der Waals surface area contributed by atoms with E-state index in [1.807, 2.05) is 30.3 Å². The van der Waals surface area contributed by atoms with Crippen molar-refractivity contribution in [3.05, 3.63) is 59.2 Å². The molecule has 1 heterocycles. The zero-order chi connectivity index (χ0) is 21.4. The number of carbonyl (C=O) groups is 2. The first kappa shape index (κ1) is 20.4. The fraction of sp³-hybridized carbons (Fsp3) is 0.417. The minimum absolute atomic E-state index is 0.145. The molecule has 1 aliphatic heterocycles. The van der Waals surface area contributed by atoms with Gasteiger partial charge in [0.25, 0.3) is 0 Å². The topological polar surface area (TPSA) is 95.9 Å². The summed E-state index contributed by atoms with van der Waals surface area (Å²) in [7, 11) is 0. The summed E-state index contributed by atoms with van der Waals surface area (Å²) in [6, 6.07) is 12.8. The average Bonchev–Trinajstić information content (AvgIpc) is 3.46. The molecule has 4 unspecified atom stereocenters. The minimum atomic E-state index is -0.965. The highest BCUT2D eigenvalue weighted by Gasteiger charge is 2.45. The summed E-state index contributed by atoms with van der Waals surface area (Å²) in [6.07, 6.45) is 1.74. The first-order chi connectivity index (χ1) is 14.3. The zero-order valence-corrected chi connectivity index (χ0v) is 17.2. The third-order valence-electron chi connectivity index (χ3n) is 5.90. The fourth-order valence-corrected chi connectivity index (χ4v) is 4.34. The summed E-state index contributed by atoms with van der Waals surface area (Å²) in [4.78, 5) is 23.1. The van der Waals surface area contributed by atoms with Gasteiger partial charge in [0, 0.05) is 23.1 Å². The van der Waals surface area contributed by atoms with Crippen LogP contribution in [-0.4, -0.2) is 34.2 Å². The quantitative estimate of drug-likeness (QED) is 0.609. The van der Waals surface area contributed by atoms with Gasteiger partial charge in [0.05, 0.1) is 5.92 Å². The highest BCUT2D eigenvalue weighted by Crippen LogP contribution is 2.46. The van der Waals surface area contributed by atoms with E-state index in [-0.39, 0.29) is 12.0 Å². The van der Waals surface area contributed by atoms with Crippen molar-refractivity contribution in [1.82, 2.24) is 5.32 Å². The molecule has 0 saturated heterocycles. The Bertz CT molecular complexity index is 970. The number of hydrogen-bond acceptors (Lipinski definition) is 4. The smallest absolute Gasteiger partial charge is 0.320 e. The number of nitrogens with one attached hydrogen (secondary N) is 1. The van der Waals surface area contributed by atoms with Crippen LogP contribution in [0.3, 0.4) is 0 Å². The van der Waals surface area contributed by atoms with Gasteiger partial charge in [0.1, 0.15) is 17.5 Å². The lowest BCUT2D eigenvalue weighted by Gasteiger charge is -2.30. The van der Waals surface area contributed by atoms with Gasteiger partial charge in [0.2, 0.25) is 0 Å². The Hall–Kier alpha value is -2.86. The monoisotopic (exact) mass is 409 g/mol. The van der Waals surface area contributed by atoms with E-state index in [1.165, 1.54) is 5.56 Å². The van der Waals surface area contributed by atoms with Gasteiger partial charge in [-0.3, -0.25) is 9.59 Å². The van der Waals surface area contributed by atoms with Crippen molar-refractivity contribution in [3.63, 3.8) is 0 Å². The molecule has 4 atom stereocenters. The first-order valence-electron chi connectivity index (χ1n) is 10.4. The summed E-state index contributed by atoms with van der Waals surface area (Å²) in [5.74, 6) is -0.444. The van der Waals surface area contributed by atoms with Crippen LogP contribution in [0.15, 0.2) is 42.5 Å². The maximum absolute atomic E-state index is 12.0. The highest BCUT2D eigenvalue weighted by molar-refractivity contribution is 5.76. The number of aliphatic carboxylic acids is 2. The first-order valence-corrected chi connectivity index (χ1v) is 10.4. The Balaban J connectivity index is 1.63. The Labute approximate surface area is 175 Å². The maximum Gasteiger partial charge on any atom is 0.320 e. The molecular weight excluding hydrogens is 382 g/mol. The number of para-hydroxylation sites is 1. The molecule has 4 rings (SSSR count). The minimum Gasteiger partial charge on any atom is -0.481 e. The van der Waals surface area contributed by atoms with Gasteiger partial charge in [0.15, 0.2) is 0 Å². The average molecular weight is 409 g/mol. The molecule has 1 fully saturated rings. The normalized spacial score (nSPS) is 22.6. The van der Waals surface area contributed by atoms with Gasteiger partial charge in [-0.2, -0.15) is 0 Å². The van der Waals surface area contributed by atoms with Gasteiger partial charge in [-0.1, -0.05) is 44.2 Å². The van der Waals surface area contributed by atoms with Crippen LogP contribution in [0, 0.1) is 11.8 Å². The summed E-state index contributed by atoms with van der Waals surface area (Å²) in [6.45, 7) is 4.34. The molecule has 0 spiro atoms. The second-order valence-corrected chi connectivity index (χ2v) is 8.74. The number of rotatable bonds is 8. The molecule has 1 saturated carbocycles. The molecule has 6 heteroatoms. The van der Waals surface area contributed by atoms with Gasteiger partial charge in [-0.25, -0.2) is 0 Å². The van der Waals surface area contributed by atoms with Crippen LogP contribution in [-0.2, 0) is 16.0 Å². The van der Waals surface area contributed by atoms with E-state index < -0.39 is 23.9 Å². The highest BCUT2D eigenvalue weighted by atomic mass is 16.5. The van der Waals surface area contributed by atoms with E-state index >= 15 is 0 Å². The molecule has 0 bridgehead atoms. The van der Waals surface area contributed by atoms with E-state index in [0.29, 0.717) is 18.8 Å². The molecule has 0 amide bonds. The standard InChI is InChI=1S/C24H27NO5/c1-13(2)9-14-7-8-16-17(15-5-3-4-6-21(15)30-22(16)10-14)11-20(24(28)29)25-19-12-18(19)23(26)27/h3-8,10,13,17-20,25H,9,11-12H2,1-2H3,(H,26,27)(H,28,29). The second kappa shape index (κ2) is 8.11. The largest absolute Gasteiger partial charge is 0.481 e. The molecule has 2 aromatic rings. The van der Waals surface area contributed by atoms with Crippen molar-refractivity contribution in [2.24, 2.45) is 11.8 Å². The van der Waals surface area contributed by atoms with Crippen molar-refractivity contribution in [2.45, 2.75) is 51.1 Å². The maximum atomic E-state index is 12.0.